The third-order valence-electron chi connectivity index (χ3n) is 2.34. The number of rotatable bonds is 5. The van der Waals surface area contributed by atoms with Crippen LogP contribution in [0.5, 0.6) is 0 Å². The number of amides is 1. The molecule has 0 aromatic heterocycles. The minimum Gasteiger partial charge on any atom is -0.444 e. The van der Waals surface area contributed by atoms with Crippen molar-refractivity contribution in [2.24, 2.45) is 10.7 Å². The van der Waals surface area contributed by atoms with Gasteiger partial charge in [0.25, 0.3) is 0 Å². The lowest BCUT2D eigenvalue weighted by molar-refractivity contribution is 0.0503. The second kappa shape index (κ2) is 10.1. The van der Waals surface area contributed by atoms with Crippen molar-refractivity contribution in [1.29, 1.82) is 0 Å². The molecule has 0 heterocycles. The normalized spacial score (nSPS) is 13.9. The van der Waals surface area contributed by atoms with Crippen LogP contribution in [0.25, 0.3) is 0 Å². The van der Waals surface area contributed by atoms with Crippen LogP contribution in [0.2, 0.25) is 0 Å². The van der Waals surface area contributed by atoms with E-state index in [4.69, 9.17) is 10.5 Å². The summed E-state index contributed by atoms with van der Waals surface area (Å²) < 4.78 is 5.26. The lowest BCUT2D eigenvalue weighted by Gasteiger charge is -2.24. The number of ether oxygens (including phenoxy) is 1. The molecule has 22 heavy (non-hydrogen) atoms. The van der Waals surface area contributed by atoms with Crippen molar-refractivity contribution in [2.75, 3.05) is 6.54 Å². The second-order valence-electron chi connectivity index (χ2n) is 7.23. The van der Waals surface area contributed by atoms with Gasteiger partial charge in [-0.3, -0.25) is 4.99 Å². The Bertz CT molecular complexity index is 360. The van der Waals surface area contributed by atoms with Gasteiger partial charge < -0.3 is 21.1 Å². The molecule has 132 valence electrons. The Morgan fingerprint density at radius 3 is 2.18 bits per heavy atom. The predicted octanol–water partition coefficient (Wildman–Crippen LogP) is 3.00. The number of aliphatic imine (C=N–C) groups is 1. The van der Waals surface area contributed by atoms with Gasteiger partial charge in [0.2, 0.25) is 0 Å². The van der Waals surface area contributed by atoms with Crippen LogP contribution in [0.15, 0.2) is 4.99 Å². The molecule has 0 aliphatic carbocycles. The summed E-state index contributed by atoms with van der Waals surface area (Å²) in [5.74, 6) is 0.384. The van der Waals surface area contributed by atoms with Crippen LogP contribution in [0.4, 0.5) is 4.79 Å². The fraction of sp³-hybridized carbons (Fsp3) is 0.867. The molecule has 0 spiro atoms. The number of nitrogens with two attached hydrogens (primary N) is 1. The Labute approximate surface area is 152 Å². The summed E-state index contributed by atoms with van der Waals surface area (Å²) in [6, 6.07) is -0.0785. The van der Waals surface area contributed by atoms with Crippen molar-refractivity contribution >= 4 is 36.0 Å². The van der Waals surface area contributed by atoms with Crippen LogP contribution < -0.4 is 16.4 Å². The summed E-state index contributed by atoms with van der Waals surface area (Å²) in [5.41, 5.74) is 5.20. The molecule has 0 aliphatic heterocycles. The van der Waals surface area contributed by atoms with E-state index in [1.165, 1.54) is 0 Å². The SMILES string of the molecule is CCCC(CN=C(N)NC(C)(C)C)NC(=O)OC(C)(C)C.I. The minimum atomic E-state index is -0.503. The van der Waals surface area contributed by atoms with Gasteiger partial charge in [0.1, 0.15) is 5.60 Å². The third-order valence-corrected chi connectivity index (χ3v) is 2.34. The molecule has 7 heteroatoms. The molecule has 0 bridgehead atoms. The zero-order chi connectivity index (χ0) is 16.7. The molecule has 0 aliphatic rings. The highest BCUT2D eigenvalue weighted by Crippen LogP contribution is 2.08. The third kappa shape index (κ3) is 14.2. The standard InChI is InChI=1S/C15H32N4O2.HI/c1-8-9-11(18-13(20)21-15(5,6)7)10-17-12(16)19-14(2,3)4;/h11H,8-10H2,1-7H3,(H,18,20)(H3,16,17,19);1H. The number of alkyl carbamates (subject to hydrolysis) is 1. The van der Waals surface area contributed by atoms with Gasteiger partial charge in [-0.2, -0.15) is 0 Å². The number of nitrogens with zero attached hydrogens (tertiary/aromatic N) is 1. The van der Waals surface area contributed by atoms with Crippen LogP contribution in [-0.4, -0.2) is 35.8 Å². The van der Waals surface area contributed by atoms with Gasteiger partial charge in [-0.25, -0.2) is 4.79 Å². The highest BCUT2D eigenvalue weighted by molar-refractivity contribution is 14.0. The molecule has 4 N–H and O–H groups in total. The van der Waals surface area contributed by atoms with Crippen LogP contribution in [0.1, 0.15) is 61.3 Å². The summed E-state index contributed by atoms with van der Waals surface area (Å²) in [7, 11) is 0. The molecule has 0 aromatic carbocycles. The van der Waals surface area contributed by atoms with Crippen LogP contribution >= 0.6 is 24.0 Å². The van der Waals surface area contributed by atoms with Crippen molar-refractivity contribution < 1.29 is 9.53 Å². The van der Waals surface area contributed by atoms with Crippen LogP contribution in [0, 0.1) is 0 Å². The first-order chi connectivity index (χ1) is 9.43. The molecule has 0 saturated heterocycles. The van der Waals surface area contributed by atoms with E-state index in [1.807, 2.05) is 41.5 Å². The number of halogens is 1. The van der Waals surface area contributed by atoms with E-state index < -0.39 is 11.7 Å². The van der Waals surface area contributed by atoms with Gasteiger partial charge in [-0.15, -0.1) is 24.0 Å². The Morgan fingerprint density at radius 1 is 1.23 bits per heavy atom. The van der Waals surface area contributed by atoms with Gasteiger partial charge in [-0.05, 0) is 48.0 Å². The molecular formula is C15H33IN4O2. The first-order valence-electron chi connectivity index (χ1n) is 7.50. The van der Waals surface area contributed by atoms with E-state index in [0.717, 1.165) is 12.8 Å². The number of carbonyl (C=O) groups excluding carboxylic acids is 1. The number of carbonyl (C=O) groups is 1. The van der Waals surface area contributed by atoms with Crippen molar-refractivity contribution in [1.82, 2.24) is 10.6 Å². The fourth-order valence-corrected chi connectivity index (χ4v) is 1.66. The number of hydrogen-bond donors (Lipinski definition) is 3. The average molecular weight is 428 g/mol. The zero-order valence-corrected chi connectivity index (χ0v) is 17.3. The molecule has 0 radical (unpaired) electrons. The van der Waals surface area contributed by atoms with Crippen molar-refractivity contribution in [3.05, 3.63) is 0 Å². The molecule has 1 unspecified atom stereocenters. The number of hydrogen-bond acceptors (Lipinski definition) is 3. The zero-order valence-electron chi connectivity index (χ0n) is 14.9. The van der Waals surface area contributed by atoms with Crippen molar-refractivity contribution in [3.8, 4) is 0 Å². The fourth-order valence-electron chi connectivity index (χ4n) is 1.66. The average Bonchev–Trinajstić information content (AvgIpc) is 2.21. The van der Waals surface area contributed by atoms with Crippen LogP contribution in [0.3, 0.4) is 0 Å². The van der Waals surface area contributed by atoms with Gasteiger partial charge in [0.15, 0.2) is 5.96 Å². The molecule has 6 nitrogen and oxygen atoms in total. The Balaban J connectivity index is 0. The van der Waals surface area contributed by atoms with Gasteiger partial charge >= 0.3 is 6.09 Å². The molecule has 0 aromatic rings. The topological polar surface area (TPSA) is 88.7 Å². The van der Waals surface area contributed by atoms with E-state index in [0.29, 0.717) is 12.5 Å². The van der Waals surface area contributed by atoms with Crippen LogP contribution in [-0.2, 0) is 4.74 Å². The van der Waals surface area contributed by atoms with Crippen molar-refractivity contribution in [2.45, 2.75) is 78.5 Å². The number of guanidine groups is 1. The smallest absolute Gasteiger partial charge is 0.407 e. The summed E-state index contributed by atoms with van der Waals surface area (Å²) in [6.07, 6.45) is 1.35. The van der Waals surface area contributed by atoms with Gasteiger partial charge in [0.05, 0.1) is 12.6 Å². The van der Waals surface area contributed by atoms with E-state index in [1.54, 1.807) is 0 Å². The van der Waals surface area contributed by atoms with E-state index >= 15 is 0 Å². The number of nitrogens with one attached hydrogen (secondary N) is 2. The van der Waals surface area contributed by atoms with Crippen molar-refractivity contribution in [3.63, 3.8) is 0 Å². The molecule has 0 saturated carbocycles. The summed E-state index contributed by atoms with van der Waals surface area (Å²) in [6.45, 7) is 14.0. The van der Waals surface area contributed by atoms with E-state index in [-0.39, 0.29) is 35.6 Å². The maximum atomic E-state index is 11.8. The highest BCUT2D eigenvalue weighted by Gasteiger charge is 2.19. The summed E-state index contributed by atoms with van der Waals surface area (Å²) >= 11 is 0. The lowest BCUT2D eigenvalue weighted by atomic mass is 10.1. The molecule has 0 rings (SSSR count). The van der Waals surface area contributed by atoms with Gasteiger partial charge in [0, 0.05) is 5.54 Å². The second-order valence-corrected chi connectivity index (χ2v) is 7.23. The monoisotopic (exact) mass is 428 g/mol. The largest absolute Gasteiger partial charge is 0.444 e. The van der Waals surface area contributed by atoms with E-state index in [9.17, 15) is 4.79 Å². The summed E-state index contributed by atoms with van der Waals surface area (Å²) in [5, 5.41) is 5.93. The van der Waals surface area contributed by atoms with Gasteiger partial charge in [-0.1, -0.05) is 13.3 Å². The molecule has 0 fully saturated rings. The predicted molar refractivity (Wildman–Crippen MR) is 103 cm³/mol. The highest BCUT2D eigenvalue weighted by atomic mass is 127. The molecule has 1 atom stereocenters. The Kier molecular flexibility index (Phi) is 10.8. The first-order valence-corrected chi connectivity index (χ1v) is 7.50. The minimum absolute atomic E-state index is 0. The first kappa shape index (κ1) is 23.5. The maximum absolute atomic E-state index is 11.8. The Morgan fingerprint density at radius 2 is 1.77 bits per heavy atom. The van der Waals surface area contributed by atoms with E-state index in [2.05, 4.69) is 22.5 Å². The lowest BCUT2D eigenvalue weighted by Crippen LogP contribution is -2.46. The summed E-state index contributed by atoms with van der Waals surface area (Å²) in [4.78, 5) is 16.1. The molecular weight excluding hydrogens is 395 g/mol. The Hall–Kier alpha value is -0.730. The maximum Gasteiger partial charge on any atom is 0.407 e. The quantitative estimate of drug-likeness (QED) is 0.357. The molecule has 1 amide bonds.